The fourth-order valence-electron chi connectivity index (χ4n) is 4.76. The van der Waals surface area contributed by atoms with E-state index in [1.807, 2.05) is 85.8 Å². The lowest BCUT2D eigenvalue weighted by Crippen LogP contribution is -2.30. The highest BCUT2D eigenvalue weighted by atomic mass is 16.6. The Kier molecular flexibility index (Phi) is 7.74. The SMILES string of the molecule is C[C@@H](OC(=O)Nc1c(-c2ccc(-c3ccc(C(CC4COC4)C(=O)O)cc3)cc2)cnn1C)c1ccccc1. The second-order valence-corrected chi connectivity index (χ2v) is 9.84. The maximum Gasteiger partial charge on any atom is 0.413 e. The Morgan fingerprint density at radius 3 is 2.18 bits per heavy atom. The van der Waals surface area contributed by atoms with E-state index in [9.17, 15) is 14.7 Å². The van der Waals surface area contributed by atoms with Crippen molar-refractivity contribution in [3.8, 4) is 22.3 Å². The molecule has 5 rings (SSSR count). The number of carboxylic acid groups (broad SMARTS) is 1. The van der Waals surface area contributed by atoms with E-state index in [0.717, 1.165) is 33.4 Å². The van der Waals surface area contributed by atoms with Crippen molar-refractivity contribution < 1.29 is 24.2 Å². The summed E-state index contributed by atoms with van der Waals surface area (Å²) >= 11 is 0. The van der Waals surface area contributed by atoms with Gasteiger partial charge in [-0.25, -0.2) is 4.79 Å². The number of nitrogens with one attached hydrogen (secondary N) is 1. The molecule has 8 heteroatoms. The fraction of sp³-hybridized carbons (Fsp3) is 0.258. The first kappa shape index (κ1) is 26.2. The van der Waals surface area contributed by atoms with Crippen molar-refractivity contribution in [2.24, 2.45) is 13.0 Å². The molecule has 8 nitrogen and oxygen atoms in total. The van der Waals surface area contributed by atoms with E-state index >= 15 is 0 Å². The zero-order valence-corrected chi connectivity index (χ0v) is 21.9. The van der Waals surface area contributed by atoms with Gasteiger partial charge in [0.15, 0.2) is 0 Å². The minimum atomic E-state index is -0.807. The number of carbonyl (C=O) groups excluding carboxylic acids is 1. The highest BCUT2D eigenvalue weighted by Crippen LogP contribution is 2.32. The second-order valence-electron chi connectivity index (χ2n) is 9.84. The molecule has 2 atom stereocenters. The van der Waals surface area contributed by atoms with Gasteiger partial charge in [-0.2, -0.15) is 5.10 Å². The molecule has 1 unspecified atom stereocenters. The summed E-state index contributed by atoms with van der Waals surface area (Å²) < 4.78 is 12.4. The van der Waals surface area contributed by atoms with Gasteiger partial charge < -0.3 is 14.6 Å². The van der Waals surface area contributed by atoms with Crippen LogP contribution < -0.4 is 5.32 Å². The Bertz CT molecular complexity index is 1430. The van der Waals surface area contributed by atoms with E-state index in [4.69, 9.17) is 9.47 Å². The summed E-state index contributed by atoms with van der Waals surface area (Å²) in [6, 6.07) is 25.2. The van der Waals surface area contributed by atoms with Crippen molar-refractivity contribution in [2.75, 3.05) is 18.5 Å². The number of anilines is 1. The Morgan fingerprint density at radius 1 is 0.974 bits per heavy atom. The number of aryl methyl sites for hydroxylation is 1. The molecular weight excluding hydrogens is 494 g/mol. The number of rotatable bonds is 9. The first-order valence-electron chi connectivity index (χ1n) is 12.9. The zero-order chi connectivity index (χ0) is 27.4. The van der Waals surface area contributed by atoms with E-state index in [1.165, 1.54) is 0 Å². The van der Waals surface area contributed by atoms with Crippen molar-refractivity contribution in [3.05, 3.63) is 96.2 Å². The third kappa shape index (κ3) is 6.02. The number of nitrogens with zero attached hydrogens (tertiary/aromatic N) is 2. The van der Waals surface area contributed by atoms with Gasteiger partial charge in [0.1, 0.15) is 11.9 Å². The van der Waals surface area contributed by atoms with Gasteiger partial charge in [-0.1, -0.05) is 78.9 Å². The van der Waals surface area contributed by atoms with Gasteiger partial charge in [0, 0.05) is 18.5 Å². The first-order chi connectivity index (χ1) is 18.9. The van der Waals surface area contributed by atoms with Crippen LogP contribution in [0.15, 0.2) is 85.1 Å². The zero-order valence-electron chi connectivity index (χ0n) is 21.9. The van der Waals surface area contributed by atoms with Crippen molar-refractivity contribution in [1.82, 2.24) is 9.78 Å². The van der Waals surface area contributed by atoms with Gasteiger partial charge in [-0.3, -0.25) is 14.8 Å². The number of hydrogen-bond donors (Lipinski definition) is 2. The maximum absolute atomic E-state index is 12.6. The van der Waals surface area contributed by atoms with Gasteiger partial charge in [-0.05, 0) is 41.2 Å². The Hall–Kier alpha value is -4.43. The van der Waals surface area contributed by atoms with E-state index < -0.39 is 24.1 Å². The number of amides is 1. The van der Waals surface area contributed by atoms with E-state index in [-0.39, 0.29) is 0 Å². The number of ether oxygens (including phenoxy) is 2. The molecule has 1 amide bonds. The summed E-state index contributed by atoms with van der Waals surface area (Å²) in [5, 5.41) is 16.9. The summed E-state index contributed by atoms with van der Waals surface area (Å²) in [7, 11) is 1.76. The predicted molar refractivity (Wildman–Crippen MR) is 148 cm³/mol. The van der Waals surface area contributed by atoms with Crippen molar-refractivity contribution in [3.63, 3.8) is 0 Å². The first-order valence-corrected chi connectivity index (χ1v) is 12.9. The number of carbonyl (C=O) groups is 2. The average Bonchev–Trinajstić information content (AvgIpc) is 3.28. The standard InChI is InChI=1S/C31H31N3O5/c1-20(22-6-4-3-5-7-22)39-31(37)33-29-28(17-32-34(29)2)26-14-10-24(11-15-26)23-8-12-25(13-9-23)27(30(35)36)16-21-18-38-19-21/h3-15,17,20-21,27H,16,18-19H2,1-2H3,(H,33,37)(H,35,36)/t20-,27?/m1/s1. The number of hydrogen-bond acceptors (Lipinski definition) is 5. The lowest BCUT2D eigenvalue weighted by molar-refractivity contribution is -0.140. The van der Waals surface area contributed by atoms with E-state index in [1.54, 1.807) is 17.9 Å². The highest BCUT2D eigenvalue weighted by molar-refractivity contribution is 5.90. The molecule has 4 aromatic rings. The fourth-order valence-corrected chi connectivity index (χ4v) is 4.76. The molecule has 200 valence electrons. The number of aliphatic carboxylic acids is 1. The normalized spacial score (nSPS) is 14.7. The molecule has 0 saturated carbocycles. The van der Waals surface area contributed by atoms with Crippen LogP contribution in [0.4, 0.5) is 10.6 Å². The molecule has 3 aromatic carbocycles. The summed E-state index contributed by atoms with van der Waals surface area (Å²) in [5.74, 6) is -0.499. The molecule has 0 radical (unpaired) electrons. The molecule has 1 saturated heterocycles. The van der Waals surface area contributed by atoms with Crippen LogP contribution in [0, 0.1) is 5.92 Å². The van der Waals surface area contributed by atoms with Crippen LogP contribution in [0.5, 0.6) is 0 Å². The van der Waals surface area contributed by atoms with Crippen LogP contribution in [0.2, 0.25) is 0 Å². The van der Waals surface area contributed by atoms with Gasteiger partial charge in [0.05, 0.1) is 25.3 Å². The monoisotopic (exact) mass is 525 g/mol. The molecule has 1 aliphatic rings. The van der Waals surface area contributed by atoms with Crippen molar-refractivity contribution >= 4 is 17.9 Å². The summed E-state index contributed by atoms with van der Waals surface area (Å²) in [5.41, 5.74) is 5.36. The van der Waals surface area contributed by atoms with Gasteiger partial charge >= 0.3 is 12.1 Å². The van der Waals surface area contributed by atoms with Crippen LogP contribution in [0.3, 0.4) is 0 Å². The molecule has 2 N–H and O–H groups in total. The predicted octanol–water partition coefficient (Wildman–Crippen LogP) is 6.27. The molecule has 1 fully saturated rings. The van der Waals surface area contributed by atoms with Crippen molar-refractivity contribution in [1.29, 1.82) is 0 Å². The summed E-state index contributed by atoms with van der Waals surface area (Å²) in [6.45, 7) is 3.10. The largest absolute Gasteiger partial charge is 0.481 e. The quantitative estimate of drug-likeness (QED) is 0.267. The minimum Gasteiger partial charge on any atom is -0.481 e. The third-order valence-corrected chi connectivity index (χ3v) is 7.13. The van der Waals surface area contributed by atoms with Crippen LogP contribution in [-0.4, -0.2) is 40.2 Å². The molecule has 2 heterocycles. The summed E-state index contributed by atoms with van der Waals surface area (Å²) in [6.07, 6.45) is 1.34. The lowest BCUT2D eigenvalue weighted by atomic mass is 9.87. The molecular formula is C31H31N3O5. The van der Waals surface area contributed by atoms with Crippen LogP contribution in [0.1, 0.15) is 36.5 Å². The van der Waals surface area contributed by atoms with E-state index in [2.05, 4.69) is 10.4 Å². The molecule has 1 aromatic heterocycles. The molecule has 0 bridgehead atoms. The highest BCUT2D eigenvalue weighted by Gasteiger charge is 2.28. The minimum absolute atomic E-state index is 0.305. The number of aromatic nitrogens is 2. The number of carboxylic acids is 1. The Labute approximate surface area is 227 Å². The van der Waals surface area contributed by atoms with E-state index in [0.29, 0.717) is 31.4 Å². The second kappa shape index (κ2) is 11.5. The molecule has 39 heavy (non-hydrogen) atoms. The smallest absolute Gasteiger partial charge is 0.413 e. The van der Waals surface area contributed by atoms with Crippen LogP contribution in [-0.2, 0) is 21.3 Å². The molecule has 0 aliphatic carbocycles. The Morgan fingerprint density at radius 2 is 1.59 bits per heavy atom. The van der Waals surface area contributed by atoms with Crippen molar-refractivity contribution in [2.45, 2.75) is 25.4 Å². The van der Waals surface area contributed by atoms with Gasteiger partial charge in [-0.15, -0.1) is 0 Å². The van der Waals surface area contributed by atoms with Gasteiger partial charge in [0.25, 0.3) is 0 Å². The maximum atomic E-state index is 12.6. The molecule has 1 aliphatic heterocycles. The third-order valence-electron chi connectivity index (χ3n) is 7.13. The summed E-state index contributed by atoms with van der Waals surface area (Å²) in [4.78, 5) is 24.5. The van der Waals surface area contributed by atoms with Crippen LogP contribution in [0.25, 0.3) is 22.3 Å². The topological polar surface area (TPSA) is 103 Å². The van der Waals surface area contributed by atoms with Gasteiger partial charge in [0.2, 0.25) is 0 Å². The van der Waals surface area contributed by atoms with Crippen LogP contribution >= 0.6 is 0 Å². The average molecular weight is 526 g/mol. The Balaban J connectivity index is 1.27. The number of benzene rings is 3. The molecule has 0 spiro atoms. The lowest BCUT2D eigenvalue weighted by Gasteiger charge is -2.28.